The third-order valence-corrected chi connectivity index (χ3v) is 4.27. The van der Waals surface area contributed by atoms with Gasteiger partial charge in [-0.2, -0.15) is 13.2 Å². The minimum atomic E-state index is -4.67. The van der Waals surface area contributed by atoms with E-state index in [0.29, 0.717) is 10.8 Å². The summed E-state index contributed by atoms with van der Waals surface area (Å²) in [5.74, 6) is -0.878. The van der Waals surface area contributed by atoms with Gasteiger partial charge in [-0.05, 0) is 54.6 Å². The standard InChI is InChI=1S/C22H16ClF3N2O3/c23-16-6-8-19(9-7-16)31-13-20(29)27-17-10-15(22(24,25)26)11-18(12-17)28-21(30)14-4-2-1-3-5-14/h1-12H,13H2,(H,27,29)(H,28,30). The molecule has 0 heterocycles. The van der Waals surface area contributed by atoms with Gasteiger partial charge in [0.15, 0.2) is 6.61 Å². The highest BCUT2D eigenvalue weighted by atomic mass is 35.5. The maximum atomic E-state index is 13.3. The second-order valence-electron chi connectivity index (χ2n) is 6.41. The smallest absolute Gasteiger partial charge is 0.416 e. The Labute approximate surface area is 180 Å². The van der Waals surface area contributed by atoms with E-state index in [9.17, 15) is 22.8 Å². The number of halogens is 4. The second-order valence-corrected chi connectivity index (χ2v) is 6.84. The topological polar surface area (TPSA) is 67.4 Å². The molecule has 160 valence electrons. The molecule has 0 fully saturated rings. The van der Waals surface area contributed by atoms with Crippen molar-refractivity contribution < 1.29 is 27.5 Å². The summed E-state index contributed by atoms with van der Waals surface area (Å²) >= 11 is 5.77. The largest absolute Gasteiger partial charge is 0.484 e. The summed E-state index contributed by atoms with van der Waals surface area (Å²) in [5, 5.41) is 5.25. The molecule has 0 aromatic heterocycles. The van der Waals surface area contributed by atoms with Crippen LogP contribution in [0.15, 0.2) is 72.8 Å². The first-order valence-corrected chi connectivity index (χ1v) is 9.35. The summed E-state index contributed by atoms with van der Waals surface area (Å²) in [5.41, 5.74) is -0.991. The molecule has 5 nitrogen and oxygen atoms in total. The molecule has 0 aliphatic rings. The molecule has 9 heteroatoms. The normalized spacial score (nSPS) is 11.0. The number of anilines is 2. The number of hydrogen-bond acceptors (Lipinski definition) is 3. The van der Waals surface area contributed by atoms with Crippen LogP contribution in [0.25, 0.3) is 0 Å². The van der Waals surface area contributed by atoms with Crippen LogP contribution in [0.1, 0.15) is 15.9 Å². The van der Waals surface area contributed by atoms with E-state index in [-0.39, 0.29) is 16.9 Å². The Morgan fingerprint density at radius 3 is 2.10 bits per heavy atom. The molecule has 0 radical (unpaired) electrons. The maximum absolute atomic E-state index is 13.3. The molecule has 31 heavy (non-hydrogen) atoms. The summed E-state index contributed by atoms with van der Waals surface area (Å²) in [4.78, 5) is 24.4. The number of carbonyl (C=O) groups excluding carboxylic acids is 2. The van der Waals surface area contributed by atoms with Crippen molar-refractivity contribution in [2.75, 3.05) is 17.2 Å². The summed E-state index contributed by atoms with van der Waals surface area (Å²) in [6, 6.07) is 17.1. The molecule has 3 aromatic carbocycles. The minimum absolute atomic E-state index is 0.113. The molecule has 2 amide bonds. The van der Waals surface area contributed by atoms with Gasteiger partial charge in [0.2, 0.25) is 0 Å². The summed E-state index contributed by atoms with van der Waals surface area (Å²) in [6.45, 7) is -0.427. The number of amides is 2. The fourth-order valence-electron chi connectivity index (χ4n) is 2.61. The molecule has 0 aliphatic carbocycles. The van der Waals surface area contributed by atoms with Gasteiger partial charge >= 0.3 is 6.18 Å². The van der Waals surface area contributed by atoms with Gasteiger partial charge in [0.25, 0.3) is 11.8 Å². The highest BCUT2D eigenvalue weighted by Crippen LogP contribution is 2.33. The number of nitrogens with one attached hydrogen (secondary N) is 2. The van der Waals surface area contributed by atoms with Crippen molar-refractivity contribution >= 4 is 34.8 Å². The quantitative estimate of drug-likeness (QED) is 0.513. The molecule has 0 atom stereocenters. The molecule has 0 saturated carbocycles. The SMILES string of the molecule is O=C(COc1ccc(Cl)cc1)Nc1cc(NC(=O)c2ccccc2)cc(C(F)(F)F)c1. The van der Waals surface area contributed by atoms with Gasteiger partial charge in [0, 0.05) is 22.0 Å². The molecule has 0 unspecified atom stereocenters. The minimum Gasteiger partial charge on any atom is -0.484 e. The number of rotatable bonds is 6. The monoisotopic (exact) mass is 448 g/mol. The fraction of sp³-hybridized carbons (Fsp3) is 0.0909. The lowest BCUT2D eigenvalue weighted by Gasteiger charge is -2.14. The highest BCUT2D eigenvalue weighted by Gasteiger charge is 2.31. The number of ether oxygens (including phenoxy) is 1. The van der Waals surface area contributed by atoms with E-state index in [2.05, 4.69) is 10.6 Å². The van der Waals surface area contributed by atoms with Gasteiger partial charge in [-0.15, -0.1) is 0 Å². The lowest BCUT2D eigenvalue weighted by molar-refractivity contribution is -0.137. The zero-order chi connectivity index (χ0) is 22.4. The van der Waals surface area contributed by atoms with Gasteiger partial charge in [-0.1, -0.05) is 29.8 Å². The van der Waals surface area contributed by atoms with Crippen molar-refractivity contribution in [3.63, 3.8) is 0 Å². The number of hydrogen-bond donors (Lipinski definition) is 2. The molecule has 0 saturated heterocycles. The highest BCUT2D eigenvalue weighted by molar-refractivity contribution is 6.30. The molecular formula is C22H16ClF3N2O3. The van der Waals surface area contributed by atoms with Crippen molar-refractivity contribution in [3.8, 4) is 5.75 Å². The van der Waals surface area contributed by atoms with Crippen LogP contribution in [0.4, 0.5) is 24.5 Å². The van der Waals surface area contributed by atoms with Crippen molar-refractivity contribution in [1.82, 2.24) is 0 Å². The van der Waals surface area contributed by atoms with E-state index in [1.807, 2.05) is 0 Å². The molecular weight excluding hydrogens is 433 g/mol. The molecule has 0 spiro atoms. The van der Waals surface area contributed by atoms with Crippen LogP contribution >= 0.6 is 11.6 Å². The Bertz CT molecular complexity index is 1070. The van der Waals surface area contributed by atoms with Crippen LogP contribution in [-0.2, 0) is 11.0 Å². The summed E-state index contributed by atoms with van der Waals surface area (Å²) < 4.78 is 45.1. The van der Waals surface area contributed by atoms with E-state index in [1.54, 1.807) is 42.5 Å². The predicted octanol–water partition coefficient (Wildman–Crippen LogP) is 5.63. The van der Waals surface area contributed by atoms with Crippen LogP contribution in [0.5, 0.6) is 5.75 Å². The third-order valence-electron chi connectivity index (χ3n) is 4.02. The summed E-state index contributed by atoms with van der Waals surface area (Å²) in [7, 11) is 0. The van der Waals surface area contributed by atoms with E-state index >= 15 is 0 Å². The summed E-state index contributed by atoms with van der Waals surface area (Å²) in [6.07, 6.45) is -4.67. The third kappa shape index (κ3) is 6.48. The van der Waals surface area contributed by atoms with E-state index < -0.39 is 30.2 Å². The molecule has 2 N–H and O–H groups in total. The Balaban J connectivity index is 1.74. The van der Waals surface area contributed by atoms with E-state index in [1.165, 1.54) is 18.2 Å². The van der Waals surface area contributed by atoms with Gasteiger partial charge in [0.1, 0.15) is 5.75 Å². The van der Waals surface area contributed by atoms with Crippen LogP contribution in [0, 0.1) is 0 Å². The van der Waals surface area contributed by atoms with Gasteiger partial charge in [0.05, 0.1) is 5.56 Å². The molecule has 3 rings (SSSR count). The average molecular weight is 449 g/mol. The Morgan fingerprint density at radius 2 is 1.48 bits per heavy atom. The first kappa shape index (κ1) is 22.2. The van der Waals surface area contributed by atoms with Crippen LogP contribution in [0.2, 0.25) is 5.02 Å². The Morgan fingerprint density at radius 1 is 0.871 bits per heavy atom. The zero-order valence-corrected chi connectivity index (χ0v) is 16.6. The zero-order valence-electron chi connectivity index (χ0n) is 15.9. The van der Waals surface area contributed by atoms with Crippen molar-refractivity contribution in [1.29, 1.82) is 0 Å². The number of alkyl halides is 3. The lowest BCUT2D eigenvalue weighted by Crippen LogP contribution is -2.21. The number of benzene rings is 3. The van der Waals surface area contributed by atoms with Crippen LogP contribution in [-0.4, -0.2) is 18.4 Å². The van der Waals surface area contributed by atoms with E-state index in [4.69, 9.17) is 16.3 Å². The van der Waals surface area contributed by atoms with Gasteiger partial charge in [-0.25, -0.2) is 0 Å². The fourth-order valence-corrected chi connectivity index (χ4v) is 2.73. The Kier molecular flexibility index (Phi) is 6.81. The first-order valence-electron chi connectivity index (χ1n) is 8.97. The van der Waals surface area contributed by atoms with Crippen LogP contribution in [0.3, 0.4) is 0 Å². The van der Waals surface area contributed by atoms with Crippen molar-refractivity contribution in [2.24, 2.45) is 0 Å². The Hall–Kier alpha value is -3.52. The van der Waals surface area contributed by atoms with Crippen molar-refractivity contribution in [3.05, 3.63) is 88.9 Å². The average Bonchev–Trinajstić information content (AvgIpc) is 2.73. The van der Waals surface area contributed by atoms with Crippen LogP contribution < -0.4 is 15.4 Å². The lowest BCUT2D eigenvalue weighted by atomic mass is 10.1. The van der Waals surface area contributed by atoms with Gasteiger partial charge in [-0.3, -0.25) is 9.59 Å². The molecule has 3 aromatic rings. The molecule has 0 bridgehead atoms. The molecule has 0 aliphatic heterocycles. The number of carbonyl (C=O) groups is 2. The van der Waals surface area contributed by atoms with E-state index in [0.717, 1.165) is 12.1 Å². The maximum Gasteiger partial charge on any atom is 0.416 e. The first-order chi connectivity index (χ1) is 14.7. The van der Waals surface area contributed by atoms with Crippen molar-refractivity contribution in [2.45, 2.75) is 6.18 Å². The predicted molar refractivity (Wildman–Crippen MR) is 111 cm³/mol. The second kappa shape index (κ2) is 9.53. The van der Waals surface area contributed by atoms with Gasteiger partial charge < -0.3 is 15.4 Å².